The van der Waals surface area contributed by atoms with Crippen LogP contribution in [0.15, 0.2) is 0 Å². The predicted molar refractivity (Wildman–Crippen MR) is 31.3 cm³/mol. The number of aliphatic hydroxyl groups is 1. The summed E-state index contributed by atoms with van der Waals surface area (Å²) in [6.07, 6.45) is 0.872. The lowest BCUT2D eigenvalue weighted by molar-refractivity contribution is 0.0472. The fraction of sp³-hybridized carbons (Fsp3) is 1.00. The van der Waals surface area contributed by atoms with Crippen LogP contribution in [0.4, 0.5) is 0 Å². The van der Waals surface area contributed by atoms with Gasteiger partial charge in [0, 0.05) is 7.11 Å². The van der Waals surface area contributed by atoms with Gasteiger partial charge in [0.15, 0.2) is 0 Å². The van der Waals surface area contributed by atoms with E-state index in [1.165, 1.54) is 0 Å². The van der Waals surface area contributed by atoms with E-state index in [0.717, 1.165) is 6.42 Å². The fourth-order valence-electron chi connectivity index (χ4n) is 0.496. The summed E-state index contributed by atoms with van der Waals surface area (Å²) in [5.41, 5.74) is 0. The van der Waals surface area contributed by atoms with Gasteiger partial charge in [-0.05, 0) is 6.42 Å². The van der Waals surface area contributed by atoms with E-state index in [2.05, 4.69) is 5.32 Å². The lowest BCUT2D eigenvalue weighted by Crippen LogP contribution is -2.30. The molecular formula is C5H13NO2. The van der Waals surface area contributed by atoms with Crippen molar-refractivity contribution in [3.63, 3.8) is 0 Å². The Morgan fingerprint density at radius 1 is 1.75 bits per heavy atom. The monoisotopic (exact) mass is 119 g/mol. The van der Waals surface area contributed by atoms with Gasteiger partial charge in [0.25, 0.3) is 0 Å². The highest BCUT2D eigenvalue weighted by Gasteiger charge is 1.97. The zero-order chi connectivity index (χ0) is 6.41. The minimum Gasteiger partial charge on any atom is -0.381 e. The quantitative estimate of drug-likeness (QED) is 0.508. The Morgan fingerprint density at radius 2 is 2.38 bits per heavy atom. The van der Waals surface area contributed by atoms with E-state index in [0.29, 0.717) is 0 Å². The molecule has 50 valence electrons. The van der Waals surface area contributed by atoms with E-state index < -0.39 is 0 Å². The summed E-state index contributed by atoms with van der Waals surface area (Å²) >= 11 is 0. The minimum atomic E-state index is -0.0215. The Balaban J connectivity index is 3.07. The summed E-state index contributed by atoms with van der Waals surface area (Å²) < 4.78 is 4.87. The van der Waals surface area contributed by atoms with Crippen molar-refractivity contribution in [2.45, 2.75) is 19.6 Å². The van der Waals surface area contributed by atoms with Crippen molar-refractivity contribution >= 4 is 0 Å². The van der Waals surface area contributed by atoms with Gasteiger partial charge in [-0.25, -0.2) is 0 Å². The number of rotatable bonds is 4. The van der Waals surface area contributed by atoms with Crippen LogP contribution in [0, 0.1) is 0 Å². The van der Waals surface area contributed by atoms with Crippen LogP contribution >= 0.6 is 0 Å². The summed E-state index contributed by atoms with van der Waals surface area (Å²) in [5, 5.41) is 11.0. The molecule has 1 unspecified atom stereocenters. The zero-order valence-corrected chi connectivity index (χ0v) is 5.35. The summed E-state index contributed by atoms with van der Waals surface area (Å²) in [6.45, 7) is 1.96. The Hall–Kier alpha value is -0.120. The minimum absolute atomic E-state index is 0.000000000000000444. The highest BCUT2D eigenvalue weighted by Crippen LogP contribution is 1.87. The van der Waals surface area contributed by atoms with Crippen LogP contribution in [-0.4, -0.2) is 25.2 Å². The smallest absolute Gasteiger partial charge is 0.109 e. The van der Waals surface area contributed by atoms with Crippen molar-refractivity contribution in [3.8, 4) is 0 Å². The average molecular weight is 119 g/mol. The highest BCUT2D eigenvalue weighted by molar-refractivity contribution is 4.44. The first kappa shape index (κ1) is 7.88. The molecule has 0 heterocycles. The molecule has 0 fully saturated rings. The molecule has 0 aliphatic rings. The third-order valence-corrected chi connectivity index (χ3v) is 0.974. The van der Waals surface area contributed by atoms with E-state index in [4.69, 9.17) is 9.84 Å². The van der Waals surface area contributed by atoms with Gasteiger partial charge in [-0.2, -0.15) is 0 Å². The van der Waals surface area contributed by atoms with E-state index >= 15 is 0 Å². The second-order valence-corrected chi connectivity index (χ2v) is 1.49. The normalized spacial score (nSPS) is 13.9. The number of hydrogen-bond acceptors (Lipinski definition) is 3. The van der Waals surface area contributed by atoms with Gasteiger partial charge in [0.05, 0.1) is 6.73 Å². The number of methoxy groups -OCH3 is 1. The van der Waals surface area contributed by atoms with Crippen molar-refractivity contribution in [2.75, 3.05) is 13.8 Å². The van der Waals surface area contributed by atoms with Gasteiger partial charge in [-0.15, -0.1) is 0 Å². The molecule has 0 aromatic carbocycles. The molecule has 0 amide bonds. The van der Waals surface area contributed by atoms with Gasteiger partial charge < -0.3 is 9.84 Å². The van der Waals surface area contributed by atoms with Gasteiger partial charge in [-0.1, -0.05) is 6.92 Å². The molecule has 0 aliphatic heterocycles. The molecule has 0 aromatic heterocycles. The van der Waals surface area contributed by atoms with Crippen LogP contribution in [0.1, 0.15) is 13.3 Å². The van der Waals surface area contributed by atoms with Gasteiger partial charge >= 0.3 is 0 Å². The standard InChI is InChI=1S/C5H13NO2/c1-3-5(8-2)6-4-7/h5-7H,3-4H2,1-2H3. The van der Waals surface area contributed by atoms with Crippen molar-refractivity contribution in [1.82, 2.24) is 5.32 Å². The predicted octanol–water partition coefficient (Wildman–Crippen LogP) is -0.0917. The first-order valence-corrected chi connectivity index (χ1v) is 2.72. The molecule has 3 nitrogen and oxygen atoms in total. The molecule has 8 heavy (non-hydrogen) atoms. The van der Waals surface area contributed by atoms with Crippen LogP contribution in [0.2, 0.25) is 0 Å². The number of nitrogens with one attached hydrogen (secondary N) is 1. The lowest BCUT2D eigenvalue weighted by Gasteiger charge is -2.11. The number of aliphatic hydroxyl groups excluding tert-OH is 1. The van der Waals surface area contributed by atoms with E-state index in [1.807, 2.05) is 6.92 Å². The zero-order valence-electron chi connectivity index (χ0n) is 5.35. The molecule has 0 aromatic rings. The molecular weight excluding hydrogens is 106 g/mol. The molecule has 0 rings (SSSR count). The molecule has 3 heteroatoms. The maximum atomic E-state index is 8.31. The summed E-state index contributed by atoms with van der Waals surface area (Å²) in [7, 11) is 1.61. The second kappa shape index (κ2) is 5.03. The Labute approximate surface area is 49.7 Å². The van der Waals surface area contributed by atoms with Crippen LogP contribution in [-0.2, 0) is 4.74 Å². The third-order valence-electron chi connectivity index (χ3n) is 0.974. The van der Waals surface area contributed by atoms with Gasteiger partial charge in [0.2, 0.25) is 0 Å². The first-order valence-electron chi connectivity index (χ1n) is 2.72. The van der Waals surface area contributed by atoms with E-state index in [9.17, 15) is 0 Å². The Bertz CT molecular complexity index is 45.7. The molecule has 1 atom stereocenters. The Morgan fingerprint density at radius 3 is 2.50 bits per heavy atom. The van der Waals surface area contributed by atoms with Crippen molar-refractivity contribution in [2.24, 2.45) is 0 Å². The maximum Gasteiger partial charge on any atom is 0.109 e. The second-order valence-electron chi connectivity index (χ2n) is 1.49. The fourth-order valence-corrected chi connectivity index (χ4v) is 0.496. The summed E-state index contributed by atoms with van der Waals surface area (Å²) in [4.78, 5) is 0. The maximum absolute atomic E-state index is 8.31. The molecule has 0 bridgehead atoms. The topological polar surface area (TPSA) is 41.5 Å². The molecule has 0 aliphatic carbocycles. The third kappa shape index (κ3) is 2.96. The Kier molecular flexibility index (Phi) is 4.95. The van der Waals surface area contributed by atoms with E-state index in [1.54, 1.807) is 7.11 Å². The van der Waals surface area contributed by atoms with Crippen molar-refractivity contribution in [3.05, 3.63) is 0 Å². The average Bonchev–Trinajstić information content (AvgIpc) is 1.83. The summed E-state index contributed by atoms with van der Waals surface area (Å²) in [5.74, 6) is 0. The molecule has 0 saturated carbocycles. The number of hydrogen-bond donors (Lipinski definition) is 2. The van der Waals surface area contributed by atoms with Crippen molar-refractivity contribution in [1.29, 1.82) is 0 Å². The highest BCUT2D eigenvalue weighted by atomic mass is 16.5. The van der Waals surface area contributed by atoms with Gasteiger partial charge in [0.1, 0.15) is 6.23 Å². The molecule has 0 radical (unpaired) electrons. The van der Waals surface area contributed by atoms with Crippen molar-refractivity contribution < 1.29 is 9.84 Å². The SMILES string of the molecule is CCC(NCO)OC. The molecule has 2 N–H and O–H groups in total. The summed E-state index contributed by atoms with van der Waals surface area (Å²) in [6, 6.07) is 0. The number of ether oxygens (including phenoxy) is 1. The van der Waals surface area contributed by atoms with Crippen LogP contribution < -0.4 is 5.32 Å². The van der Waals surface area contributed by atoms with Crippen LogP contribution in [0.25, 0.3) is 0 Å². The molecule has 0 saturated heterocycles. The largest absolute Gasteiger partial charge is 0.381 e. The van der Waals surface area contributed by atoms with Crippen LogP contribution in [0.3, 0.4) is 0 Å². The molecule has 0 spiro atoms. The first-order chi connectivity index (χ1) is 3.85. The van der Waals surface area contributed by atoms with Gasteiger partial charge in [-0.3, -0.25) is 5.32 Å². The lowest BCUT2D eigenvalue weighted by atomic mass is 10.4. The van der Waals surface area contributed by atoms with E-state index in [-0.39, 0.29) is 13.0 Å². The van der Waals surface area contributed by atoms with Crippen LogP contribution in [0.5, 0.6) is 0 Å².